The van der Waals surface area contributed by atoms with E-state index in [1.807, 2.05) is 6.92 Å². The van der Waals surface area contributed by atoms with Gasteiger partial charge in [0.15, 0.2) is 0 Å². The third-order valence-corrected chi connectivity index (χ3v) is 2.62. The second kappa shape index (κ2) is 6.74. The van der Waals surface area contributed by atoms with E-state index in [1.54, 1.807) is 33.5 Å². The molecular formula is C13H20N2O3. The lowest BCUT2D eigenvalue weighted by atomic mass is 10.1. The Bertz CT molecular complexity index is 405. The molecule has 0 spiro atoms. The predicted octanol–water partition coefficient (Wildman–Crippen LogP) is 1.98. The molecule has 0 fully saturated rings. The molecule has 0 radical (unpaired) electrons. The van der Waals surface area contributed by atoms with Crippen LogP contribution in [0.2, 0.25) is 0 Å². The number of nitrogens with zero attached hydrogens (tertiary/aromatic N) is 1. The van der Waals surface area contributed by atoms with Crippen LogP contribution < -0.4 is 19.9 Å². The zero-order valence-electron chi connectivity index (χ0n) is 11.3. The van der Waals surface area contributed by atoms with Gasteiger partial charge in [0.2, 0.25) is 0 Å². The number of nitrogens with two attached hydrogens (primary N) is 1. The van der Waals surface area contributed by atoms with Gasteiger partial charge in [-0.25, -0.2) is 0 Å². The Balaban J connectivity index is 3.14. The second-order valence-electron chi connectivity index (χ2n) is 3.67. The van der Waals surface area contributed by atoms with Gasteiger partial charge in [0.05, 0.1) is 39.3 Å². The van der Waals surface area contributed by atoms with Crippen molar-refractivity contribution in [3.8, 4) is 17.2 Å². The summed E-state index contributed by atoms with van der Waals surface area (Å²) in [6.07, 6.45) is 0.723. The molecule has 1 aromatic rings. The van der Waals surface area contributed by atoms with E-state index in [0.29, 0.717) is 29.6 Å². The minimum Gasteiger partial charge on any atom is -0.496 e. The summed E-state index contributed by atoms with van der Waals surface area (Å²) in [5.74, 6) is 2.65. The highest BCUT2D eigenvalue weighted by atomic mass is 16.5. The molecule has 0 amide bonds. The number of hydrogen-bond acceptors (Lipinski definition) is 4. The summed E-state index contributed by atoms with van der Waals surface area (Å²) in [7, 11) is 4.80. The predicted molar refractivity (Wildman–Crippen MR) is 71.7 cm³/mol. The SMILES string of the molecule is CCC(N)=NCc1c(OC)cc(OC)cc1OC. The molecule has 1 aromatic carbocycles. The molecule has 0 saturated heterocycles. The van der Waals surface area contributed by atoms with Gasteiger partial charge < -0.3 is 19.9 Å². The van der Waals surface area contributed by atoms with Crippen molar-refractivity contribution in [3.05, 3.63) is 17.7 Å². The molecule has 0 bridgehead atoms. The van der Waals surface area contributed by atoms with Crippen molar-refractivity contribution >= 4 is 5.84 Å². The molecule has 0 heterocycles. The number of amidine groups is 1. The highest BCUT2D eigenvalue weighted by molar-refractivity contribution is 5.80. The van der Waals surface area contributed by atoms with Gasteiger partial charge in [-0.2, -0.15) is 0 Å². The van der Waals surface area contributed by atoms with E-state index >= 15 is 0 Å². The minimum absolute atomic E-state index is 0.427. The van der Waals surface area contributed by atoms with Crippen LogP contribution in [-0.4, -0.2) is 27.2 Å². The maximum Gasteiger partial charge on any atom is 0.131 e. The number of methoxy groups -OCH3 is 3. The van der Waals surface area contributed by atoms with Gasteiger partial charge >= 0.3 is 0 Å². The topological polar surface area (TPSA) is 66.1 Å². The first kappa shape index (κ1) is 14.2. The lowest BCUT2D eigenvalue weighted by Crippen LogP contribution is -2.10. The van der Waals surface area contributed by atoms with E-state index in [2.05, 4.69) is 4.99 Å². The highest BCUT2D eigenvalue weighted by Crippen LogP contribution is 2.34. The summed E-state index contributed by atoms with van der Waals surface area (Å²) >= 11 is 0. The molecule has 5 heteroatoms. The summed E-state index contributed by atoms with van der Waals surface area (Å²) in [6.45, 7) is 2.39. The second-order valence-corrected chi connectivity index (χ2v) is 3.67. The molecule has 2 N–H and O–H groups in total. The minimum atomic E-state index is 0.427. The molecule has 0 atom stereocenters. The van der Waals surface area contributed by atoms with Crippen LogP contribution in [0.5, 0.6) is 17.2 Å². The van der Waals surface area contributed by atoms with Crippen molar-refractivity contribution in [3.63, 3.8) is 0 Å². The van der Waals surface area contributed by atoms with E-state index in [4.69, 9.17) is 19.9 Å². The van der Waals surface area contributed by atoms with Crippen molar-refractivity contribution in [2.45, 2.75) is 19.9 Å². The van der Waals surface area contributed by atoms with E-state index in [9.17, 15) is 0 Å². The third-order valence-electron chi connectivity index (χ3n) is 2.62. The van der Waals surface area contributed by atoms with Gasteiger partial charge in [-0.3, -0.25) is 4.99 Å². The number of aliphatic imine (C=N–C) groups is 1. The van der Waals surface area contributed by atoms with Crippen LogP contribution in [0, 0.1) is 0 Å². The van der Waals surface area contributed by atoms with Gasteiger partial charge in [0.1, 0.15) is 17.2 Å². The van der Waals surface area contributed by atoms with Crippen LogP contribution >= 0.6 is 0 Å². The maximum atomic E-state index is 5.70. The quantitative estimate of drug-likeness (QED) is 0.621. The molecule has 0 aromatic heterocycles. The molecule has 5 nitrogen and oxygen atoms in total. The summed E-state index contributed by atoms with van der Waals surface area (Å²) in [4.78, 5) is 4.28. The summed E-state index contributed by atoms with van der Waals surface area (Å²) < 4.78 is 15.8. The molecule has 0 aliphatic carbocycles. The Morgan fingerprint density at radius 2 is 1.67 bits per heavy atom. The molecular weight excluding hydrogens is 232 g/mol. The first-order valence-electron chi connectivity index (χ1n) is 5.73. The summed E-state index contributed by atoms with van der Waals surface area (Å²) in [6, 6.07) is 3.60. The van der Waals surface area contributed by atoms with E-state index in [-0.39, 0.29) is 0 Å². The lowest BCUT2D eigenvalue weighted by Gasteiger charge is -2.13. The van der Waals surface area contributed by atoms with Crippen molar-refractivity contribution in [2.24, 2.45) is 10.7 Å². The van der Waals surface area contributed by atoms with Crippen LogP contribution in [0.15, 0.2) is 17.1 Å². The van der Waals surface area contributed by atoms with Gasteiger partial charge in [0, 0.05) is 18.6 Å². The van der Waals surface area contributed by atoms with Crippen molar-refractivity contribution < 1.29 is 14.2 Å². The lowest BCUT2D eigenvalue weighted by molar-refractivity contribution is 0.369. The van der Waals surface area contributed by atoms with Gasteiger partial charge in [0.25, 0.3) is 0 Å². The monoisotopic (exact) mass is 252 g/mol. The fourth-order valence-electron chi connectivity index (χ4n) is 1.53. The fraction of sp³-hybridized carbons (Fsp3) is 0.462. The molecule has 0 saturated carbocycles. The average Bonchev–Trinajstić information content (AvgIpc) is 2.43. The Morgan fingerprint density at radius 1 is 1.11 bits per heavy atom. The Hall–Kier alpha value is -1.91. The van der Waals surface area contributed by atoms with Gasteiger partial charge in [-0.1, -0.05) is 6.92 Å². The average molecular weight is 252 g/mol. The van der Waals surface area contributed by atoms with Crippen LogP contribution in [0.25, 0.3) is 0 Å². The molecule has 1 rings (SSSR count). The number of hydrogen-bond donors (Lipinski definition) is 1. The zero-order chi connectivity index (χ0) is 13.5. The Labute approximate surface area is 108 Å². The van der Waals surface area contributed by atoms with E-state index < -0.39 is 0 Å². The van der Waals surface area contributed by atoms with Gasteiger partial charge in [-0.05, 0) is 0 Å². The number of benzene rings is 1. The smallest absolute Gasteiger partial charge is 0.131 e. The zero-order valence-corrected chi connectivity index (χ0v) is 11.3. The molecule has 18 heavy (non-hydrogen) atoms. The van der Waals surface area contributed by atoms with Crippen LogP contribution in [0.4, 0.5) is 0 Å². The van der Waals surface area contributed by atoms with Crippen LogP contribution in [-0.2, 0) is 6.54 Å². The first-order valence-corrected chi connectivity index (χ1v) is 5.73. The Kier molecular flexibility index (Phi) is 5.30. The summed E-state index contributed by atoms with van der Waals surface area (Å²) in [5.41, 5.74) is 6.56. The Morgan fingerprint density at radius 3 is 2.06 bits per heavy atom. The normalized spacial score (nSPS) is 11.2. The van der Waals surface area contributed by atoms with Crippen LogP contribution in [0.3, 0.4) is 0 Å². The molecule has 0 aliphatic rings. The first-order chi connectivity index (χ1) is 8.65. The molecule has 100 valence electrons. The van der Waals surface area contributed by atoms with Crippen molar-refractivity contribution in [2.75, 3.05) is 21.3 Å². The van der Waals surface area contributed by atoms with Crippen molar-refractivity contribution in [1.82, 2.24) is 0 Å². The standard InChI is InChI=1S/C13H20N2O3/c1-5-13(14)15-8-10-11(17-3)6-9(16-2)7-12(10)18-4/h6-7H,5,8H2,1-4H3,(H2,14,15). The number of ether oxygens (including phenoxy) is 3. The number of rotatable bonds is 6. The van der Waals surface area contributed by atoms with E-state index in [0.717, 1.165) is 12.0 Å². The molecule has 0 unspecified atom stereocenters. The summed E-state index contributed by atoms with van der Waals surface area (Å²) in [5, 5.41) is 0. The van der Waals surface area contributed by atoms with Crippen molar-refractivity contribution in [1.29, 1.82) is 0 Å². The fourth-order valence-corrected chi connectivity index (χ4v) is 1.53. The van der Waals surface area contributed by atoms with Gasteiger partial charge in [-0.15, -0.1) is 0 Å². The largest absolute Gasteiger partial charge is 0.496 e. The maximum absolute atomic E-state index is 5.70. The van der Waals surface area contributed by atoms with E-state index in [1.165, 1.54) is 0 Å². The third kappa shape index (κ3) is 3.29. The van der Waals surface area contributed by atoms with Crippen LogP contribution in [0.1, 0.15) is 18.9 Å². The molecule has 0 aliphatic heterocycles. The highest BCUT2D eigenvalue weighted by Gasteiger charge is 2.12.